The van der Waals surface area contributed by atoms with Crippen molar-refractivity contribution in [3.05, 3.63) is 35.9 Å². The number of rotatable bonds is 1. The monoisotopic (exact) mass is 319 g/mol. The Morgan fingerprint density at radius 1 is 1.14 bits per heavy atom. The molecule has 2 aliphatic heterocycles. The molecule has 1 aliphatic carbocycles. The summed E-state index contributed by atoms with van der Waals surface area (Å²) < 4.78 is 6.37. The Morgan fingerprint density at radius 3 is 2.67 bits per heavy atom. The number of nitrogens with zero attached hydrogens (tertiary/aromatic N) is 1. The molecular weight excluding hydrogens is 298 g/mol. The van der Waals surface area contributed by atoms with Gasteiger partial charge in [0.25, 0.3) is 0 Å². The Hall–Kier alpha value is -0.450. The number of hydrogen-bond donors (Lipinski definition) is 0. The summed E-state index contributed by atoms with van der Waals surface area (Å²) in [5, 5.41) is 1.79. The maximum Gasteiger partial charge on any atom is 0.191 e. The Bertz CT molecular complexity index is 555. The molecule has 0 amide bonds. The van der Waals surface area contributed by atoms with Crippen molar-refractivity contribution in [2.75, 3.05) is 0 Å². The fourth-order valence-electron chi connectivity index (χ4n) is 3.40. The molecule has 2 nitrogen and oxygen atoms in total. The lowest BCUT2D eigenvalue weighted by Crippen LogP contribution is -2.40. The summed E-state index contributed by atoms with van der Waals surface area (Å²) in [5.41, 5.74) is 1.04. The minimum Gasteiger partial charge on any atom is -0.348 e. The van der Waals surface area contributed by atoms with Crippen LogP contribution in [0.15, 0.2) is 35.3 Å². The Morgan fingerprint density at radius 2 is 1.90 bits per heavy atom. The zero-order chi connectivity index (χ0) is 14.5. The third kappa shape index (κ3) is 2.27. The summed E-state index contributed by atoms with van der Waals surface area (Å²) in [6.07, 6.45) is 5.62. The first-order valence-electron chi connectivity index (χ1n) is 7.80. The van der Waals surface area contributed by atoms with Gasteiger partial charge in [-0.3, -0.25) is 4.99 Å². The SMILES string of the molecule is CC1(C)N=C(c2ccccc2)S[C@]12O[C@@H]1CCCC[C@H]1S2. The van der Waals surface area contributed by atoms with Gasteiger partial charge >= 0.3 is 0 Å². The largest absolute Gasteiger partial charge is 0.348 e. The van der Waals surface area contributed by atoms with E-state index in [0.29, 0.717) is 11.4 Å². The van der Waals surface area contributed by atoms with Gasteiger partial charge < -0.3 is 4.74 Å². The van der Waals surface area contributed by atoms with Gasteiger partial charge in [-0.1, -0.05) is 54.9 Å². The summed E-state index contributed by atoms with van der Waals surface area (Å²) in [7, 11) is 0. The molecule has 0 N–H and O–H groups in total. The first-order chi connectivity index (χ1) is 10.1. The van der Waals surface area contributed by atoms with Crippen LogP contribution in [-0.2, 0) is 4.74 Å². The molecule has 3 atom stereocenters. The van der Waals surface area contributed by atoms with Gasteiger partial charge in [0, 0.05) is 10.8 Å². The van der Waals surface area contributed by atoms with Crippen LogP contribution in [0.1, 0.15) is 45.1 Å². The van der Waals surface area contributed by atoms with Crippen LogP contribution in [0.2, 0.25) is 0 Å². The average Bonchev–Trinajstić information content (AvgIpc) is 2.98. The number of hydrogen-bond acceptors (Lipinski definition) is 4. The quantitative estimate of drug-likeness (QED) is 0.749. The van der Waals surface area contributed by atoms with E-state index in [1.165, 1.54) is 31.2 Å². The first-order valence-corrected chi connectivity index (χ1v) is 9.49. The summed E-state index contributed by atoms with van der Waals surface area (Å²) in [6, 6.07) is 10.5. The molecule has 2 heterocycles. The fourth-order valence-corrected chi connectivity index (χ4v) is 6.99. The van der Waals surface area contributed by atoms with Gasteiger partial charge in [0.2, 0.25) is 0 Å². The van der Waals surface area contributed by atoms with E-state index >= 15 is 0 Å². The first kappa shape index (κ1) is 14.2. The van der Waals surface area contributed by atoms with E-state index in [1.54, 1.807) is 0 Å². The molecule has 112 valence electrons. The van der Waals surface area contributed by atoms with Gasteiger partial charge in [-0.25, -0.2) is 0 Å². The number of fused-ring (bicyclic) bond motifs is 1. The molecule has 4 rings (SSSR count). The lowest BCUT2D eigenvalue weighted by atomic mass is 9.97. The highest BCUT2D eigenvalue weighted by Gasteiger charge is 2.60. The van der Waals surface area contributed by atoms with Crippen molar-refractivity contribution in [2.45, 2.75) is 60.7 Å². The maximum atomic E-state index is 6.59. The van der Waals surface area contributed by atoms with Gasteiger partial charge in [-0.15, -0.1) is 11.8 Å². The Kier molecular flexibility index (Phi) is 3.40. The van der Waals surface area contributed by atoms with Gasteiger partial charge in [-0.05, 0) is 26.7 Å². The molecule has 3 aliphatic rings. The second-order valence-corrected chi connectivity index (χ2v) is 9.44. The van der Waals surface area contributed by atoms with Crippen molar-refractivity contribution < 1.29 is 4.74 Å². The lowest BCUT2D eigenvalue weighted by Gasteiger charge is -2.33. The minimum absolute atomic E-state index is 0.176. The molecule has 1 aromatic rings. The summed E-state index contributed by atoms with van der Waals surface area (Å²) >= 11 is 3.87. The fraction of sp³-hybridized carbons (Fsp3) is 0.588. The predicted molar refractivity (Wildman–Crippen MR) is 92.1 cm³/mol. The molecule has 0 bridgehead atoms. The van der Waals surface area contributed by atoms with Gasteiger partial charge in [0.05, 0.1) is 6.10 Å². The van der Waals surface area contributed by atoms with Crippen molar-refractivity contribution in [1.82, 2.24) is 0 Å². The number of thioether (sulfide) groups is 2. The molecular formula is C17H21NOS2. The highest BCUT2D eigenvalue weighted by atomic mass is 32.2. The topological polar surface area (TPSA) is 21.6 Å². The van der Waals surface area contributed by atoms with Crippen LogP contribution in [0.25, 0.3) is 0 Å². The molecule has 0 aromatic heterocycles. The van der Waals surface area contributed by atoms with Gasteiger partial charge in [0.1, 0.15) is 10.6 Å². The molecule has 4 heteroatoms. The van der Waals surface area contributed by atoms with E-state index < -0.39 is 0 Å². The third-order valence-electron chi connectivity index (χ3n) is 4.64. The normalized spacial score (nSPS) is 37.5. The van der Waals surface area contributed by atoms with Crippen molar-refractivity contribution in [3.63, 3.8) is 0 Å². The van der Waals surface area contributed by atoms with Crippen LogP contribution in [0.4, 0.5) is 0 Å². The van der Waals surface area contributed by atoms with Crippen molar-refractivity contribution in [2.24, 2.45) is 4.99 Å². The van der Waals surface area contributed by atoms with Crippen LogP contribution >= 0.6 is 23.5 Å². The van der Waals surface area contributed by atoms with E-state index in [1.807, 2.05) is 23.5 Å². The summed E-state index contributed by atoms with van der Waals surface area (Å²) in [6.45, 7) is 4.44. The van der Waals surface area contributed by atoms with E-state index in [2.05, 4.69) is 44.2 Å². The second kappa shape index (κ2) is 5.04. The minimum atomic E-state index is -0.224. The number of aliphatic imine (C=N–C) groups is 1. The van der Waals surface area contributed by atoms with Crippen LogP contribution in [0, 0.1) is 0 Å². The lowest BCUT2D eigenvalue weighted by molar-refractivity contribution is -0.00575. The zero-order valence-electron chi connectivity index (χ0n) is 12.5. The van der Waals surface area contributed by atoms with Crippen LogP contribution in [0.5, 0.6) is 0 Å². The smallest absolute Gasteiger partial charge is 0.191 e. The van der Waals surface area contributed by atoms with Crippen molar-refractivity contribution in [3.8, 4) is 0 Å². The Balaban J connectivity index is 1.64. The van der Waals surface area contributed by atoms with Crippen LogP contribution < -0.4 is 0 Å². The summed E-state index contributed by atoms with van der Waals surface area (Å²) in [5.74, 6) is 0. The zero-order valence-corrected chi connectivity index (χ0v) is 14.2. The molecule has 1 saturated carbocycles. The van der Waals surface area contributed by atoms with Crippen LogP contribution in [0.3, 0.4) is 0 Å². The number of benzene rings is 1. The molecule has 1 saturated heterocycles. The van der Waals surface area contributed by atoms with Gasteiger partial charge in [0.15, 0.2) is 4.27 Å². The highest BCUT2D eigenvalue weighted by molar-refractivity contribution is 8.26. The molecule has 1 aromatic carbocycles. The van der Waals surface area contributed by atoms with E-state index in [9.17, 15) is 0 Å². The predicted octanol–water partition coefficient (Wildman–Crippen LogP) is 4.69. The van der Waals surface area contributed by atoms with Crippen molar-refractivity contribution >= 4 is 28.6 Å². The molecule has 0 radical (unpaired) electrons. The van der Waals surface area contributed by atoms with Crippen molar-refractivity contribution in [1.29, 1.82) is 0 Å². The molecule has 21 heavy (non-hydrogen) atoms. The third-order valence-corrected chi connectivity index (χ3v) is 8.31. The molecule has 0 unspecified atom stereocenters. The number of ether oxygens (including phenoxy) is 1. The van der Waals surface area contributed by atoms with E-state index in [0.717, 1.165) is 5.04 Å². The highest BCUT2D eigenvalue weighted by Crippen LogP contribution is 2.62. The summed E-state index contributed by atoms with van der Waals surface area (Å²) in [4.78, 5) is 5.02. The Labute approximate surface area is 135 Å². The van der Waals surface area contributed by atoms with E-state index in [4.69, 9.17) is 9.73 Å². The molecule has 1 spiro atoms. The molecule has 2 fully saturated rings. The standard InChI is InChI=1S/C17H21NOS2/c1-16(2)17(19-13-10-6-7-11-14(13)20-17)21-15(18-16)12-8-4-3-5-9-12/h3-5,8-9,13-14H,6-7,10-11H2,1-2H3/t13-,14-,17+/m1/s1. The van der Waals surface area contributed by atoms with Gasteiger partial charge in [-0.2, -0.15) is 0 Å². The van der Waals surface area contributed by atoms with E-state index in [-0.39, 0.29) is 9.80 Å². The second-order valence-electron chi connectivity index (χ2n) is 6.60. The average molecular weight is 319 g/mol. The van der Waals surface area contributed by atoms with Crippen LogP contribution in [-0.4, -0.2) is 26.2 Å². The maximum absolute atomic E-state index is 6.59.